The number of non-ortho nitro benzene ring substituents is 1. The highest BCUT2D eigenvalue weighted by Crippen LogP contribution is 2.26. The van der Waals surface area contributed by atoms with Gasteiger partial charge < -0.3 is 14.8 Å². The Morgan fingerprint density at radius 3 is 2.32 bits per heavy atom. The molecule has 0 spiro atoms. The maximum Gasteiger partial charge on any atom is 0.308 e. The van der Waals surface area contributed by atoms with Crippen LogP contribution in [0.15, 0.2) is 48.5 Å². The van der Waals surface area contributed by atoms with Crippen LogP contribution in [0.1, 0.15) is 24.9 Å². The molecule has 0 bridgehead atoms. The first-order chi connectivity index (χ1) is 12.0. The van der Waals surface area contributed by atoms with E-state index in [2.05, 4.69) is 5.32 Å². The van der Waals surface area contributed by atoms with Crippen LogP contribution < -0.4 is 10.1 Å². The van der Waals surface area contributed by atoms with Gasteiger partial charge in [-0.1, -0.05) is 12.1 Å². The number of nitrogens with one attached hydrogen (secondary N) is 1. The monoisotopic (exact) mass is 344 g/mol. The summed E-state index contributed by atoms with van der Waals surface area (Å²) in [6, 6.07) is 13.0. The van der Waals surface area contributed by atoms with Crippen LogP contribution in [0.4, 0.5) is 11.4 Å². The van der Waals surface area contributed by atoms with Gasteiger partial charge >= 0.3 is 5.97 Å². The van der Waals surface area contributed by atoms with E-state index < -0.39 is 4.92 Å². The third-order valence-electron chi connectivity index (χ3n) is 3.61. The van der Waals surface area contributed by atoms with E-state index in [0.29, 0.717) is 6.61 Å². The molecule has 132 valence electrons. The number of hydrogen-bond donors (Lipinski definition) is 1. The summed E-state index contributed by atoms with van der Waals surface area (Å²) in [6.45, 7) is 2.05. The van der Waals surface area contributed by atoms with Crippen molar-refractivity contribution >= 4 is 17.3 Å². The molecule has 1 atom stereocenters. The second-order valence-electron chi connectivity index (χ2n) is 5.28. The van der Waals surface area contributed by atoms with Crippen LogP contribution in [0.2, 0.25) is 0 Å². The van der Waals surface area contributed by atoms with Crippen LogP contribution in [-0.2, 0) is 9.53 Å². The highest BCUT2D eigenvalue weighted by atomic mass is 16.6. The maximum absolute atomic E-state index is 11.9. The molecule has 0 heterocycles. The summed E-state index contributed by atoms with van der Waals surface area (Å²) < 4.78 is 10.1. The second kappa shape index (κ2) is 8.68. The topological polar surface area (TPSA) is 90.7 Å². The third kappa shape index (κ3) is 5.20. The van der Waals surface area contributed by atoms with Crippen LogP contribution in [0, 0.1) is 10.1 Å². The summed E-state index contributed by atoms with van der Waals surface area (Å²) in [6.07, 6.45) is 0.109. The lowest BCUT2D eigenvalue weighted by molar-refractivity contribution is -0.384. The Kier molecular flexibility index (Phi) is 6.33. The molecule has 0 unspecified atom stereocenters. The van der Waals surface area contributed by atoms with Crippen molar-refractivity contribution in [1.29, 1.82) is 0 Å². The minimum Gasteiger partial charge on any atom is -0.497 e. The number of benzene rings is 2. The van der Waals surface area contributed by atoms with Crippen molar-refractivity contribution < 1.29 is 19.2 Å². The number of nitrogens with zero attached hydrogens (tertiary/aromatic N) is 1. The Bertz CT molecular complexity index is 713. The quantitative estimate of drug-likeness (QED) is 0.446. The summed E-state index contributed by atoms with van der Waals surface area (Å²) in [4.78, 5) is 22.2. The summed E-state index contributed by atoms with van der Waals surface area (Å²) in [5, 5.41) is 14.1. The molecule has 25 heavy (non-hydrogen) atoms. The molecule has 2 aromatic carbocycles. The van der Waals surface area contributed by atoms with E-state index in [4.69, 9.17) is 9.47 Å². The molecule has 0 aliphatic carbocycles. The van der Waals surface area contributed by atoms with Gasteiger partial charge in [-0.15, -0.1) is 0 Å². The fourth-order valence-electron chi connectivity index (χ4n) is 2.36. The summed E-state index contributed by atoms with van der Waals surface area (Å²) in [7, 11) is 1.59. The molecule has 1 N–H and O–H groups in total. The third-order valence-corrected chi connectivity index (χ3v) is 3.61. The zero-order valence-electron chi connectivity index (χ0n) is 14.1. The van der Waals surface area contributed by atoms with Gasteiger partial charge in [-0.25, -0.2) is 0 Å². The minimum atomic E-state index is -0.457. The first kappa shape index (κ1) is 18.3. The molecule has 2 rings (SSSR count). The number of anilines is 1. The molecule has 0 radical (unpaired) electrons. The van der Waals surface area contributed by atoms with Crippen molar-refractivity contribution in [2.45, 2.75) is 19.4 Å². The van der Waals surface area contributed by atoms with Crippen LogP contribution in [-0.4, -0.2) is 24.6 Å². The average Bonchev–Trinajstić information content (AvgIpc) is 2.62. The fraction of sp³-hybridized carbons (Fsp3) is 0.278. The molecule has 0 aliphatic heterocycles. The molecule has 0 amide bonds. The normalized spacial score (nSPS) is 11.4. The minimum absolute atomic E-state index is 0.00285. The van der Waals surface area contributed by atoms with E-state index in [9.17, 15) is 14.9 Å². The molecular weight excluding hydrogens is 324 g/mol. The molecule has 0 aromatic heterocycles. The zero-order valence-corrected chi connectivity index (χ0v) is 14.1. The van der Waals surface area contributed by atoms with Gasteiger partial charge in [-0.3, -0.25) is 14.9 Å². The molecule has 0 aliphatic rings. The van der Waals surface area contributed by atoms with Gasteiger partial charge in [0, 0.05) is 17.8 Å². The number of carbonyl (C=O) groups is 1. The predicted molar refractivity (Wildman–Crippen MR) is 93.7 cm³/mol. The van der Waals surface area contributed by atoms with Gasteiger partial charge in [0.2, 0.25) is 0 Å². The molecule has 7 nitrogen and oxygen atoms in total. The highest BCUT2D eigenvalue weighted by Gasteiger charge is 2.18. The second-order valence-corrected chi connectivity index (χ2v) is 5.28. The Morgan fingerprint density at radius 2 is 1.80 bits per heavy atom. The number of hydrogen-bond acceptors (Lipinski definition) is 6. The van der Waals surface area contributed by atoms with E-state index >= 15 is 0 Å². The molecular formula is C18H20N2O5. The number of esters is 1. The average molecular weight is 344 g/mol. The standard InChI is InChI=1S/C18H20N2O5/c1-3-25-18(21)12-17(13-4-8-15(9-5-13)20(22)23)19-14-6-10-16(24-2)11-7-14/h4-11,17,19H,3,12H2,1-2H3/t17-/m0/s1. The number of ether oxygens (including phenoxy) is 2. The van der Waals surface area contributed by atoms with Gasteiger partial charge in [-0.05, 0) is 36.8 Å². The van der Waals surface area contributed by atoms with E-state index in [1.807, 2.05) is 12.1 Å². The van der Waals surface area contributed by atoms with E-state index in [1.54, 1.807) is 38.3 Å². The molecule has 7 heteroatoms. The smallest absolute Gasteiger partial charge is 0.308 e. The Morgan fingerprint density at radius 1 is 1.16 bits per heavy atom. The van der Waals surface area contributed by atoms with Crippen molar-refractivity contribution in [1.82, 2.24) is 0 Å². The number of methoxy groups -OCH3 is 1. The van der Waals surface area contributed by atoms with E-state index in [1.165, 1.54) is 12.1 Å². The molecule has 0 saturated heterocycles. The Hall–Kier alpha value is -3.09. The lowest BCUT2D eigenvalue weighted by atomic mass is 10.0. The predicted octanol–water partition coefficient (Wildman–Crippen LogP) is 3.71. The zero-order chi connectivity index (χ0) is 18.2. The van der Waals surface area contributed by atoms with E-state index in [0.717, 1.165) is 17.0 Å². The van der Waals surface area contributed by atoms with Gasteiger partial charge in [0.15, 0.2) is 0 Å². The molecule has 0 fully saturated rings. The maximum atomic E-state index is 11.9. The van der Waals surface area contributed by atoms with Crippen molar-refractivity contribution in [3.63, 3.8) is 0 Å². The Balaban J connectivity index is 2.21. The van der Waals surface area contributed by atoms with Crippen molar-refractivity contribution in [2.75, 3.05) is 19.0 Å². The van der Waals surface area contributed by atoms with Gasteiger partial charge in [0.25, 0.3) is 5.69 Å². The number of nitro benzene ring substituents is 1. The van der Waals surface area contributed by atoms with Gasteiger partial charge in [-0.2, -0.15) is 0 Å². The van der Waals surface area contributed by atoms with Crippen molar-refractivity contribution in [3.8, 4) is 5.75 Å². The van der Waals surface area contributed by atoms with Crippen LogP contribution in [0.5, 0.6) is 5.75 Å². The van der Waals surface area contributed by atoms with Crippen LogP contribution >= 0.6 is 0 Å². The van der Waals surface area contributed by atoms with E-state index in [-0.39, 0.29) is 24.1 Å². The molecule has 0 saturated carbocycles. The lowest BCUT2D eigenvalue weighted by Gasteiger charge is -2.20. The van der Waals surface area contributed by atoms with Crippen LogP contribution in [0.25, 0.3) is 0 Å². The molecule has 2 aromatic rings. The summed E-state index contributed by atoms with van der Waals surface area (Å²) >= 11 is 0. The summed E-state index contributed by atoms with van der Waals surface area (Å²) in [5.74, 6) is 0.384. The van der Waals surface area contributed by atoms with Crippen LogP contribution in [0.3, 0.4) is 0 Å². The number of nitro groups is 1. The SMILES string of the molecule is CCOC(=O)C[C@H](Nc1ccc(OC)cc1)c1ccc([N+](=O)[O-])cc1. The van der Waals surface area contributed by atoms with Gasteiger partial charge in [0.05, 0.1) is 31.1 Å². The first-order valence-corrected chi connectivity index (χ1v) is 7.84. The summed E-state index contributed by atoms with van der Waals surface area (Å²) in [5.41, 5.74) is 1.56. The number of rotatable bonds is 8. The lowest BCUT2D eigenvalue weighted by Crippen LogP contribution is -2.17. The van der Waals surface area contributed by atoms with Crippen molar-refractivity contribution in [3.05, 3.63) is 64.2 Å². The first-order valence-electron chi connectivity index (χ1n) is 7.84. The highest BCUT2D eigenvalue weighted by molar-refractivity contribution is 5.71. The largest absolute Gasteiger partial charge is 0.497 e. The fourth-order valence-corrected chi connectivity index (χ4v) is 2.36. The Labute approximate surface area is 145 Å². The number of carbonyl (C=O) groups excluding carboxylic acids is 1. The van der Waals surface area contributed by atoms with Gasteiger partial charge in [0.1, 0.15) is 5.75 Å². The van der Waals surface area contributed by atoms with Crippen molar-refractivity contribution in [2.24, 2.45) is 0 Å².